The summed E-state index contributed by atoms with van der Waals surface area (Å²) in [6.07, 6.45) is 16.5. The highest BCUT2D eigenvalue weighted by Crippen LogP contribution is 2.10. The largest absolute Gasteiger partial charge is 0.466 e. The zero-order valence-corrected chi connectivity index (χ0v) is 18.6. The number of unbranched alkanes of at least 4 members (excludes halogenated alkanes) is 12. The molecule has 27 heavy (non-hydrogen) atoms. The number of thiol groups is 1. The fourth-order valence-corrected chi connectivity index (χ4v) is 3.10. The van der Waals surface area contributed by atoms with Crippen LogP contribution in [-0.4, -0.2) is 30.4 Å². The number of esters is 2. The van der Waals surface area contributed by atoms with E-state index in [-0.39, 0.29) is 12.4 Å². The molecule has 0 aliphatic heterocycles. The number of rotatable bonds is 19. The molecule has 0 aliphatic rings. The zero-order chi connectivity index (χ0) is 20.2. The Hall–Kier alpha value is -0.710. The molecule has 0 spiro atoms. The van der Waals surface area contributed by atoms with E-state index >= 15 is 0 Å². The zero-order valence-electron chi connectivity index (χ0n) is 17.7. The molecule has 0 aromatic heterocycles. The summed E-state index contributed by atoms with van der Waals surface area (Å²) in [6, 6.07) is 0. The molecule has 5 heteroatoms. The second-order valence-corrected chi connectivity index (χ2v) is 7.97. The SMILES string of the molecule is CCCCCCCCCOC(=O)CC(S)C(=O)OCCCCCCCCC. The van der Waals surface area contributed by atoms with Gasteiger partial charge in [0.2, 0.25) is 0 Å². The Bertz CT molecular complexity index is 360. The van der Waals surface area contributed by atoms with Crippen molar-refractivity contribution >= 4 is 24.6 Å². The van der Waals surface area contributed by atoms with E-state index in [1.54, 1.807) is 0 Å². The topological polar surface area (TPSA) is 52.6 Å². The highest BCUT2D eigenvalue weighted by atomic mass is 32.1. The molecule has 0 amide bonds. The van der Waals surface area contributed by atoms with E-state index in [1.165, 1.54) is 64.2 Å². The molecule has 0 radical (unpaired) electrons. The summed E-state index contributed by atoms with van der Waals surface area (Å²) in [5.74, 6) is -0.786. The van der Waals surface area contributed by atoms with E-state index in [4.69, 9.17) is 9.47 Å². The summed E-state index contributed by atoms with van der Waals surface area (Å²) in [6.45, 7) is 5.26. The van der Waals surface area contributed by atoms with Crippen LogP contribution in [-0.2, 0) is 19.1 Å². The van der Waals surface area contributed by atoms with Crippen molar-refractivity contribution in [3.05, 3.63) is 0 Å². The van der Waals surface area contributed by atoms with Gasteiger partial charge < -0.3 is 9.47 Å². The van der Waals surface area contributed by atoms with Gasteiger partial charge in [0, 0.05) is 0 Å². The first-order valence-corrected chi connectivity index (χ1v) is 11.6. The minimum atomic E-state index is -0.726. The van der Waals surface area contributed by atoms with E-state index in [0.29, 0.717) is 13.2 Å². The fraction of sp³-hybridized carbons (Fsp3) is 0.909. The van der Waals surface area contributed by atoms with E-state index < -0.39 is 11.2 Å². The fourth-order valence-electron chi connectivity index (χ4n) is 2.87. The van der Waals surface area contributed by atoms with Crippen molar-refractivity contribution in [3.63, 3.8) is 0 Å². The Labute approximate surface area is 172 Å². The predicted molar refractivity (Wildman–Crippen MR) is 115 cm³/mol. The second kappa shape index (κ2) is 20.0. The highest BCUT2D eigenvalue weighted by Gasteiger charge is 2.20. The maximum atomic E-state index is 11.8. The van der Waals surface area contributed by atoms with Crippen LogP contribution in [0.5, 0.6) is 0 Å². The van der Waals surface area contributed by atoms with Gasteiger partial charge in [0.25, 0.3) is 0 Å². The third-order valence-electron chi connectivity index (χ3n) is 4.64. The molecule has 0 saturated carbocycles. The summed E-state index contributed by atoms with van der Waals surface area (Å²) in [4.78, 5) is 23.6. The van der Waals surface area contributed by atoms with E-state index in [0.717, 1.165) is 25.7 Å². The summed E-state index contributed by atoms with van der Waals surface area (Å²) >= 11 is 4.18. The lowest BCUT2D eigenvalue weighted by Gasteiger charge is -2.11. The van der Waals surface area contributed by atoms with Gasteiger partial charge in [-0.3, -0.25) is 9.59 Å². The molecule has 0 rings (SSSR count). The van der Waals surface area contributed by atoms with Crippen LogP contribution in [0, 0.1) is 0 Å². The van der Waals surface area contributed by atoms with E-state index in [1.807, 2.05) is 0 Å². The van der Waals surface area contributed by atoms with Crippen LogP contribution in [0.1, 0.15) is 110 Å². The summed E-state index contributed by atoms with van der Waals surface area (Å²) in [5, 5.41) is -0.726. The standard InChI is InChI=1S/C22H42O4S/c1-3-5-7-9-11-13-15-17-25-21(23)19-20(27)22(24)26-18-16-14-12-10-8-6-4-2/h20,27H,3-19H2,1-2H3. The van der Waals surface area contributed by atoms with Gasteiger partial charge in [-0.2, -0.15) is 12.6 Å². The molecular weight excluding hydrogens is 360 g/mol. The van der Waals surface area contributed by atoms with Crippen molar-refractivity contribution in [1.82, 2.24) is 0 Å². The van der Waals surface area contributed by atoms with Crippen molar-refractivity contribution in [2.75, 3.05) is 13.2 Å². The van der Waals surface area contributed by atoms with Crippen LogP contribution in [0.2, 0.25) is 0 Å². The monoisotopic (exact) mass is 402 g/mol. The molecule has 0 N–H and O–H groups in total. The number of carbonyl (C=O) groups excluding carboxylic acids is 2. The van der Waals surface area contributed by atoms with Crippen molar-refractivity contribution < 1.29 is 19.1 Å². The molecule has 4 nitrogen and oxygen atoms in total. The Kier molecular flexibility index (Phi) is 19.5. The van der Waals surface area contributed by atoms with Crippen molar-refractivity contribution in [1.29, 1.82) is 0 Å². The molecule has 0 aliphatic carbocycles. The Balaban J connectivity index is 3.53. The van der Waals surface area contributed by atoms with Crippen molar-refractivity contribution in [2.45, 2.75) is 115 Å². The lowest BCUT2D eigenvalue weighted by Crippen LogP contribution is -2.23. The first kappa shape index (κ1) is 26.3. The summed E-state index contributed by atoms with van der Waals surface area (Å²) < 4.78 is 10.4. The smallest absolute Gasteiger partial charge is 0.319 e. The van der Waals surface area contributed by atoms with Gasteiger partial charge in [-0.1, -0.05) is 90.9 Å². The van der Waals surface area contributed by atoms with E-state index in [2.05, 4.69) is 26.5 Å². The van der Waals surface area contributed by atoms with Gasteiger partial charge in [0.15, 0.2) is 0 Å². The number of hydrogen-bond acceptors (Lipinski definition) is 5. The number of ether oxygens (including phenoxy) is 2. The van der Waals surface area contributed by atoms with Crippen molar-refractivity contribution in [2.24, 2.45) is 0 Å². The van der Waals surface area contributed by atoms with Crippen molar-refractivity contribution in [3.8, 4) is 0 Å². The summed E-state index contributed by atoms with van der Waals surface area (Å²) in [5.41, 5.74) is 0. The molecule has 0 aromatic carbocycles. The molecule has 1 unspecified atom stereocenters. The Morgan fingerprint density at radius 3 is 1.56 bits per heavy atom. The van der Waals surface area contributed by atoms with Gasteiger partial charge >= 0.3 is 11.9 Å². The molecule has 0 heterocycles. The quantitative estimate of drug-likeness (QED) is 0.157. The predicted octanol–water partition coefficient (Wildman–Crippen LogP) is 6.26. The van der Waals surface area contributed by atoms with Crippen LogP contribution in [0.4, 0.5) is 0 Å². The van der Waals surface area contributed by atoms with Crippen LogP contribution >= 0.6 is 12.6 Å². The average Bonchev–Trinajstić information content (AvgIpc) is 2.65. The van der Waals surface area contributed by atoms with Crippen LogP contribution in [0.15, 0.2) is 0 Å². The minimum absolute atomic E-state index is 0.0184. The molecule has 0 saturated heterocycles. The van der Waals surface area contributed by atoms with Gasteiger partial charge in [-0.15, -0.1) is 0 Å². The molecular formula is C22H42O4S. The number of carbonyl (C=O) groups is 2. The maximum absolute atomic E-state index is 11.8. The van der Waals surface area contributed by atoms with Gasteiger partial charge in [-0.05, 0) is 12.8 Å². The van der Waals surface area contributed by atoms with Gasteiger partial charge in [0.05, 0.1) is 19.6 Å². The Morgan fingerprint density at radius 2 is 1.07 bits per heavy atom. The maximum Gasteiger partial charge on any atom is 0.319 e. The first-order valence-electron chi connectivity index (χ1n) is 11.1. The molecule has 0 fully saturated rings. The van der Waals surface area contributed by atoms with Crippen LogP contribution in [0.25, 0.3) is 0 Å². The molecule has 1 atom stereocenters. The molecule has 0 bridgehead atoms. The lowest BCUT2D eigenvalue weighted by atomic mass is 10.1. The lowest BCUT2D eigenvalue weighted by molar-refractivity contribution is -0.149. The molecule has 160 valence electrons. The second-order valence-electron chi connectivity index (χ2n) is 7.35. The van der Waals surface area contributed by atoms with Gasteiger partial charge in [0.1, 0.15) is 5.25 Å². The summed E-state index contributed by atoms with van der Waals surface area (Å²) in [7, 11) is 0. The van der Waals surface area contributed by atoms with Gasteiger partial charge in [-0.25, -0.2) is 0 Å². The Morgan fingerprint density at radius 1 is 0.667 bits per heavy atom. The third kappa shape index (κ3) is 18.4. The van der Waals surface area contributed by atoms with Crippen LogP contribution < -0.4 is 0 Å². The van der Waals surface area contributed by atoms with E-state index in [9.17, 15) is 9.59 Å². The minimum Gasteiger partial charge on any atom is -0.466 e. The molecule has 0 aromatic rings. The third-order valence-corrected chi connectivity index (χ3v) is 5.03. The van der Waals surface area contributed by atoms with Crippen LogP contribution in [0.3, 0.4) is 0 Å². The number of hydrogen-bond donors (Lipinski definition) is 1. The highest BCUT2D eigenvalue weighted by molar-refractivity contribution is 7.81. The average molecular weight is 403 g/mol. The first-order chi connectivity index (χ1) is 13.1. The normalized spacial score (nSPS) is 12.0.